The number of fused-ring (bicyclic) bond motifs is 1. The number of hydrogen-bond acceptors (Lipinski definition) is 4. The Kier molecular flexibility index (Phi) is 5.12. The molecule has 0 aliphatic carbocycles. The minimum Gasteiger partial charge on any atom is -0.294 e. The van der Waals surface area contributed by atoms with Crippen molar-refractivity contribution in [1.29, 1.82) is 0 Å². The van der Waals surface area contributed by atoms with Gasteiger partial charge in [0.1, 0.15) is 9.84 Å². The summed E-state index contributed by atoms with van der Waals surface area (Å²) < 4.78 is 23.5. The highest BCUT2D eigenvalue weighted by molar-refractivity contribution is 7.91. The number of benzene rings is 2. The third-order valence-electron chi connectivity index (χ3n) is 6.85. The number of nitrogens with zero attached hydrogens (tertiary/aromatic N) is 1. The lowest BCUT2D eigenvalue weighted by molar-refractivity contribution is -0.121. The van der Waals surface area contributed by atoms with E-state index in [-0.39, 0.29) is 28.6 Å². The number of carbonyl (C=O) groups excluding carboxylic acids is 2. The second-order valence-corrected chi connectivity index (χ2v) is 12.2. The molecule has 6 heteroatoms. The van der Waals surface area contributed by atoms with Gasteiger partial charge in [0, 0.05) is 17.7 Å². The van der Waals surface area contributed by atoms with Crippen LogP contribution in [0.15, 0.2) is 42.5 Å². The first kappa shape index (κ1) is 21.8. The Bertz CT molecular complexity index is 1170. The molecule has 2 aliphatic rings. The molecule has 0 spiro atoms. The van der Waals surface area contributed by atoms with Gasteiger partial charge in [0.2, 0.25) is 5.91 Å². The average molecular weight is 440 g/mol. The summed E-state index contributed by atoms with van der Waals surface area (Å²) in [4.78, 5) is 28.1. The fourth-order valence-electron chi connectivity index (χ4n) is 4.63. The molecule has 1 amide bonds. The lowest BCUT2D eigenvalue weighted by Gasteiger charge is -2.32. The molecule has 2 aromatic rings. The summed E-state index contributed by atoms with van der Waals surface area (Å²) in [7, 11) is -2.97. The van der Waals surface area contributed by atoms with Crippen LogP contribution in [0.2, 0.25) is 0 Å². The average Bonchev–Trinajstić information content (AvgIpc) is 2.90. The van der Waals surface area contributed by atoms with Crippen molar-refractivity contribution in [2.24, 2.45) is 5.41 Å². The number of Topliss-reactive ketones (excluding diaryl/α,β-unsaturated/α-hetero) is 1. The number of carbonyl (C=O) groups is 2. The second-order valence-electron chi connectivity index (χ2n) is 9.90. The van der Waals surface area contributed by atoms with E-state index >= 15 is 0 Å². The lowest BCUT2D eigenvalue weighted by atomic mass is 9.78. The first-order valence-electron chi connectivity index (χ1n) is 10.7. The van der Waals surface area contributed by atoms with Gasteiger partial charge >= 0.3 is 0 Å². The maximum absolute atomic E-state index is 13.3. The predicted molar refractivity (Wildman–Crippen MR) is 123 cm³/mol. The third-order valence-corrected chi connectivity index (χ3v) is 8.50. The molecule has 2 aromatic carbocycles. The van der Waals surface area contributed by atoms with Gasteiger partial charge in [-0.2, -0.15) is 0 Å². The molecule has 0 N–H and O–H groups in total. The third kappa shape index (κ3) is 3.93. The molecule has 0 atom stereocenters. The Morgan fingerprint density at radius 2 is 1.71 bits per heavy atom. The van der Waals surface area contributed by atoms with Gasteiger partial charge < -0.3 is 0 Å². The Morgan fingerprint density at radius 3 is 2.35 bits per heavy atom. The van der Waals surface area contributed by atoms with E-state index < -0.39 is 15.3 Å². The summed E-state index contributed by atoms with van der Waals surface area (Å²) in [5, 5.41) is 0. The van der Waals surface area contributed by atoms with Gasteiger partial charge in [-0.05, 0) is 80.5 Å². The van der Waals surface area contributed by atoms with Crippen LogP contribution in [0, 0.1) is 12.3 Å². The maximum Gasteiger partial charge on any atom is 0.241 e. The first-order valence-corrected chi connectivity index (χ1v) is 12.5. The van der Waals surface area contributed by atoms with Crippen molar-refractivity contribution in [2.45, 2.75) is 52.4 Å². The largest absolute Gasteiger partial charge is 0.294 e. The Morgan fingerprint density at radius 1 is 1.03 bits per heavy atom. The monoisotopic (exact) mass is 439 g/mol. The van der Waals surface area contributed by atoms with Crippen LogP contribution >= 0.6 is 0 Å². The van der Waals surface area contributed by atoms with E-state index in [1.54, 1.807) is 11.0 Å². The molecule has 4 rings (SSSR count). The minimum atomic E-state index is -2.97. The van der Waals surface area contributed by atoms with Gasteiger partial charge in [-0.1, -0.05) is 19.1 Å². The number of ketones is 1. The molecule has 1 fully saturated rings. The number of anilines is 2. The van der Waals surface area contributed by atoms with Crippen molar-refractivity contribution in [1.82, 2.24) is 0 Å². The summed E-state index contributed by atoms with van der Waals surface area (Å²) in [5.74, 6) is 0.283. The van der Waals surface area contributed by atoms with Crippen LogP contribution in [0.1, 0.15) is 61.5 Å². The number of aryl methyl sites for hydroxylation is 1. The van der Waals surface area contributed by atoms with E-state index in [0.717, 1.165) is 22.5 Å². The van der Waals surface area contributed by atoms with Crippen molar-refractivity contribution in [3.05, 3.63) is 59.2 Å². The van der Waals surface area contributed by atoms with Gasteiger partial charge in [0.15, 0.2) is 5.78 Å². The highest BCUT2D eigenvalue weighted by Gasteiger charge is 2.45. The smallest absolute Gasteiger partial charge is 0.241 e. The predicted octanol–water partition coefficient (Wildman–Crippen LogP) is 4.74. The zero-order valence-electron chi connectivity index (χ0n) is 18.6. The molecule has 0 saturated carbocycles. The van der Waals surface area contributed by atoms with Gasteiger partial charge in [0.25, 0.3) is 0 Å². The number of amides is 1. The quantitative estimate of drug-likeness (QED) is 0.645. The Hall–Kier alpha value is -2.47. The van der Waals surface area contributed by atoms with Crippen molar-refractivity contribution >= 4 is 32.9 Å². The zero-order chi connectivity index (χ0) is 22.6. The van der Waals surface area contributed by atoms with Crippen molar-refractivity contribution in [3.8, 4) is 0 Å². The van der Waals surface area contributed by atoms with Crippen LogP contribution in [-0.4, -0.2) is 31.6 Å². The SMILES string of the molecule is Cc1cccc(N2C(=O)C(C)(C)c3cc(C(=O)CC4(C)CCS(=O)(=O)CC4)ccc32)c1. The summed E-state index contributed by atoms with van der Waals surface area (Å²) in [6, 6.07) is 13.4. The van der Waals surface area contributed by atoms with Gasteiger partial charge in [-0.3, -0.25) is 14.5 Å². The van der Waals surface area contributed by atoms with Crippen molar-refractivity contribution < 1.29 is 18.0 Å². The van der Waals surface area contributed by atoms with Crippen LogP contribution in [0.3, 0.4) is 0 Å². The molecular weight excluding hydrogens is 410 g/mol. The van der Waals surface area contributed by atoms with Crippen LogP contribution in [0.5, 0.6) is 0 Å². The van der Waals surface area contributed by atoms with Gasteiger partial charge in [0.05, 0.1) is 22.6 Å². The Balaban J connectivity index is 1.64. The van der Waals surface area contributed by atoms with E-state index in [1.165, 1.54) is 0 Å². The summed E-state index contributed by atoms with van der Waals surface area (Å²) in [6.07, 6.45) is 1.34. The van der Waals surface area contributed by atoms with E-state index in [2.05, 4.69) is 0 Å². The molecule has 164 valence electrons. The first-order chi connectivity index (χ1) is 14.4. The maximum atomic E-state index is 13.3. The molecule has 0 aromatic heterocycles. The van der Waals surface area contributed by atoms with Gasteiger partial charge in [-0.25, -0.2) is 8.42 Å². The molecule has 31 heavy (non-hydrogen) atoms. The topological polar surface area (TPSA) is 71.5 Å². The minimum absolute atomic E-state index is 0.00172. The molecule has 2 heterocycles. The molecule has 1 saturated heterocycles. The summed E-state index contributed by atoms with van der Waals surface area (Å²) >= 11 is 0. The van der Waals surface area contributed by atoms with E-state index in [1.807, 2.05) is 64.1 Å². The second kappa shape index (κ2) is 7.30. The van der Waals surface area contributed by atoms with Gasteiger partial charge in [-0.15, -0.1) is 0 Å². The van der Waals surface area contributed by atoms with Crippen LogP contribution in [-0.2, 0) is 20.0 Å². The molecule has 0 unspecified atom stereocenters. The molecular formula is C25H29NO4S. The van der Waals surface area contributed by atoms with E-state index in [0.29, 0.717) is 24.8 Å². The molecule has 5 nitrogen and oxygen atoms in total. The highest BCUT2D eigenvalue weighted by Crippen LogP contribution is 2.46. The fourth-order valence-corrected chi connectivity index (χ4v) is 6.44. The molecule has 2 aliphatic heterocycles. The van der Waals surface area contributed by atoms with Crippen LogP contribution in [0.4, 0.5) is 11.4 Å². The normalized spacial score (nSPS) is 21.0. The molecule has 0 radical (unpaired) electrons. The highest BCUT2D eigenvalue weighted by atomic mass is 32.2. The lowest BCUT2D eigenvalue weighted by Crippen LogP contribution is -2.33. The number of hydrogen-bond donors (Lipinski definition) is 0. The van der Waals surface area contributed by atoms with E-state index in [4.69, 9.17) is 0 Å². The number of sulfone groups is 1. The van der Waals surface area contributed by atoms with E-state index in [9.17, 15) is 18.0 Å². The molecule has 0 bridgehead atoms. The van der Waals surface area contributed by atoms with Crippen molar-refractivity contribution in [2.75, 3.05) is 16.4 Å². The number of rotatable bonds is 4. The standard InChI is InChI=1S/C25H29NO4S/c1-17-6-5-7-19(14-17)26-21-9-8-18(15-20(21)24(2,3)23(26)28)22(27)16-25(4)10-12-31(29,30)13-11-25/h5-9,14-15H,10-13,16H2,1-4H3. The van der Waals surface area contributed by atoms with Crippen molar-refractivity contribution in [3.63, 3.8) is 0 Å². The van der Waals surface area contributed by atoms with Crippen LogP contribution in [0.25, 0.3) is 0 Å². The summed E-state index contributed by atoms with van der Waals surface area (Å²) in [5.41, 5.74) is 3.10. The Labute approximate surface area is 184 Å². The fraction of sp³-hybridized carbons (Fsp3) is 0.440. The summed E-state index contributed by atoms with van der Waals surface area (Å²) in [6.45, 7) is 7.78. The van der Waals surface area contributed by atoms with Crippen LogP contribution < -0.4 is 4.90 Å². The zero-order valence-corrected chi connectivity index (χ0v) is 19.4.